The lowest BCUT2D eigenvalue weighted by Crippen LogP contribution is -2.11. The molecule has 9 rings (SSSR count). The normalized spacial score (nSPS) is 11.9. The van der Waals surface area contributed by atoms with E-state index in [4.69, 9.17) is 0 Å². The summed E-state index contributed by atoms with van der Waals surface area (Å²) in [6, 6.07) is 60.8. The third kappa shape index (κ3) is 5.24. The number of hydrogen-bond acceptors (Lipinski definition) is 1. The van der Waals surface area contributed by atoms with Crippen molar-refractivity contribution in [1.82, 2.24) is 0 Å². The van der Waals surface area contributed by atoms with Gasteiger partial charge in [0.2, 0.25) is 0 Å². The molecule has 0 spiro atoms. The first-order valence-electron chi connectivity index (χ1n) is 18.2. The van der Waals surface area contributed by atoms with E-state index in [0.717, 1.165) is 5.69 Å². The summed E-state index contributed by atoms with van der Waals surface area (Å²) in [5, 5.41) is 5.09. The highest BCUT2D eigenvalue weighted by Gasteiger charge is 2.32. The second-order valence-corrected chi connectivity index (χ2v) is 14.5. The Morgan fingerprint density at radius 2 is 0.863 bits per heavy atom. The van der Waals surface area contributed by atoms with Crippen LogP contribution in [0.25, 0.3) is 66.1 Å². The van der Waals surface area contributed by atoms with E-state index in [0.29, 0.717) is 11.8 Å². The lowest BCUT2D eigenvalue weighted by molar-refractivity contribution is 0.865. The van der Waals surface area contributed by atoms with E-state index in [1.807, 2.05) is 0 Å². The number of rotatable bonds is 7. The van der Waals surface area contributed by atoms with Crippen molar-refractivity contribution in [2.45, 2.75) is 39.5 Å². The molecule has 1 aliphatic carbocycles. The van der Waals surface area contributed by atoms with Crippen LogP contribution < -0.4 is 4.90 Å². The molecule has 0 bridgehead atoms. The summed E-state index contributed by atoms with van der Waals surface area (Å²) in [5.41, 5.74) is 16.7. The Balaban J connectivity index is 1.26. The highest BCUT2D eigenvalue weighted by Crippen LogP contribution is 2.59. The minimum atomic E-state index is 0.446. The maximum Gasteiger partial charge on any atom is 0.0468 e. The van der Waals surface area contributed by atoms with Crippen LogP contribution in [0.4, 0.5) is 17.1 Å². The zero-order valence-electron chi connectivity index (χ0n) is 29.7. The summed E-state index contributed by atoms with van der Waals surface area (Å²) < 4.78 is 0. The van der Waals surface area contributed by atoms with Crippen molar-refractivity contribution in [3.63, 3.8) is 0 Å². The highest BCUT2D eigenvalue weighted by molar-refractivity contribution is 6.26. The molecule has 0 unspecified atom stereocenters. The Kier molecular flexibility index (Phi) is 7.59. The largest absolute Gasteiger partial charge is 0.310 e. The summed E-state index contributed by atoms with van der Waals surface area (Å²) in [4.78, 5) is 2.42. The Bertz CT molecular complexity index is 2560. The van der Waals surface area contributed by atoms with Gasteiger partial charge in [0, 0.05) is 17.1 Å². The lowest BCUT2D eigenvalue weighted by Gasteiger charge is -2.33. The van der Waals surface area contributed by atoms with E-state index in [1.165, 1.54) is 88.6 Å². The van der Waals surface area contributed by atoms with Crippen LogP contribution in [0.5, 0.6) is 0 Å². The molecule has 246 valence electrons. The van der Waals surface area contributed by atoms with Crippen molar-refractivity contribution in [2.24, 2.45) is 0 Å². The molecule has 0 amide bonds. The van der Waals surface area contributed by atoms with E-state index in [2.05, 4.69) is 196 Å². The summed E-state index contributed by atoms with van der Waals surface area (Å²) in [6.07, 6.45) is 0. The third-order valence-corrected chi connectivity index (χ3v) is 10.7. The quantitative estimate of drug-likeness (QED) is 0.165. The number of fused-ring (bicyclic) bond motifs is 6. The molecule has 0 N–H and O–H groups in total. The molecule has 1 heteroatoms. The summed E-state index contributed by atoms with van der Waals surface area (Å²) in [6.45, 7) is 9.04. The first-order valence-corrected chi connectivity index (χ1v) is 18.2. The fourth-order valence-electron chi connectivity index (χ4n) is 8.04. The molecular weight excluding hydrogens is 615 g/mol. The lowest BCUT2D eigenvalue weighted by atomic mass is 9.70. The van der Waals surface area contributed by atoms with E-state index < -0.39 is 0 Å². The number of anilines is 3. The zero-order chi connectivity index (χ0) is 34.6. The molecular formula is C50H41N. The molecule has 0 atom stereocenters. The molecule has 0 saturated heterocycles. The van der Waals surface area contributed by atoms with Crippen LogP contribution in [-0.2, 0) is 0 Å². The van der Waals surface area contributed by atoms with Crippen LogP contribution in [0.15, 0.2) is 164 Å². The second kappa shape index (κ2) is 12.4. The standard InChI is InChI=1S/C50H41N/c1-32(2)34-22-25-40(26-23-34)51(41-19-13-18-37(28-41)33(3)4)42-27-24-38-30-45-46(31-39(38)29-42)50-48(36-16-9-6-10-17-36)44-21-12-11-20-43(44)47(49(45)50)35-14-7-5-8-15-35/h5-33H,1-4H3. The monoisotopic (exact) mass is 655 g/mol. The minimum absolute atomic E-state index is 0.446. The van der Waals surface area contributed by atoms with Gasteiger partial charge < -0.3 is 4.90 Å². The van der Waals surface area contributed by atoms with Gasteiger partial charge >= 0.3 is 0 Å². The molecule has 1 nitrogen and oxygen atoms in total. The second-order valence-electron chi connectivity index (χ2n) is 14.5. The zero-order valence-corrected chi connectivity index (χ0v) is 29.7. The van der Waals surface area contributed by atoms with Gasteiger partial charge in [-0.3, -0.25) is 0 Å². The van der Waals surface area contributed by atoms with Gasteiger partial charge in [0.05, 0.1) is 0 Å². The van der Waals surface area contributed by atoms with Gasteiger partial charge in [-0.25, -0.2) is 0 Å². The Labute approximate surface area is 301 Å². The highest BCUT2D eigenvalue weighted by atomic mass is 15.1. The van der Waals surface area contributed by atoms with Crippen molar-refractivity contribution in [1.29, 1.82) is 0 Å². The molecule has 0 heterocycles. The predicted octanol–water partition coefficient (Wildman–Crippen LogP) is 14.7. The van der Waals surface area contributed by atoms with Crippen molar-refractivity contribution in [2.75, 3.05) is 4.90 Å². The smallest absolute Gasteiger partial charge is 0.0468 e. The van der Waals surface area contributed by atoms with Crippen LogP contribution in [0.3, 0.4) is 0 Å². The molecule has 0 radical (unpaired) electrons. The molecule has 0 saturated carbocycles. The number of hydrogen-bond donors (Lipinski definition) is 0. The minimum Gasteiger partial charge on any atom is -0.310 e. The fraction of sp³-hybridized carbons (Fsp3) is 0.120. The Morgan fingerprint density at radius 1 is 0.353 bits per heavy atom. The van der Waals surface area contributed by atoms with Gasteiger partial charge in [-0.05, 0) is 138 Å². The topological polar surface area (TPSA) is 3.24 Å². The molecule has 8 aromatic rings. The first-order chi connectivity index (χ1) is 25.0. The van der Waals surface area contributed by atoms with E-state index in [-0.39, 0.29) is 0 Å². The van der Waals surface area contributed by atoms with Crippen LogP contribution in [0, 0.1) is 0 Å². The molecule has 1 aliphatic rings. The van der Waals surface area contributed by atoms with Gasteiger partial charge in [0.15, 0.2) is 0 Å². The number of nitrogens with zero attached hydrogens (tertiary/aromatic N) is 1. The third-order valence-electron chi connectivity index (χ3n) is 10.7. The maximum absolute atomic E-state index is 2.44. The average molecular weight is 656 g/mol. The van der Waals surface area contributed by atoms with Crippen molar-refractivity contribution in [3.8, 4) is 44.5 Å². The molecule has 8 aromatic carbocycles. The van der Waals surface area contributed by atoms with Crippen molar-refractivity contribution >= 4 is 38.6 Å². The Hall–Kier alpha value is -5.92. The van der Waals surface area contributed by atoms with Gasteiger partial charge in [0.1, 0.15) is 0 Å². The molecule has 51 heavy (non-hydrogen) atoms. The molecule has 0 fully saturated rings. The van der Waals surface area contributed by atoms with Crippen molar-refractivity contribution in [3.05, 3.63) is 175 Å². The summed E-state index contributed by atoms with van der Waals surface area (Å²) in [5.74, 6) is 0.931. The summed E-state index contributed by atoms with van der Waals surface area (Å²) >= 11 is 0. The van der Waals surface area contributed by atoms with E-state index in [9.17, 15) is 0 Å². The number of benzene rings is 8. The van der Waals surface area contributed by atoms with Crippen LogP contribution in [0.2, 0.25) is 0 Å². The van der Waals surface area contributed by atoms with Gasteiger partial charge in [-0.1, -0.05) is 143 Å². The first kappa shape index (κ1) is 31.1. The Morgan fingerprint density at radius 3 is 1.43 bits per heavy atom. The van der Waals surface area contributed by atoms with Crippen LogP contribution >= 0.6 is 0 Å². The average Bonchev–Trinajstić information content (AvgIpc) is 3.17. The fourth-order valence-corrected chi connectivity index (χ4v) is 8.04. The van der Waals surface area contributed by atoms with Crippen LogP contribution in [-0.4, -0.2) is 0 Å². The van der Waals surface area contributed by atoms with Gasteiger partial charge in [-0.2, -0.15) is 0 Å². The molecule has 0 aliphatic heterocycles. The van der Waals surface area contributed by atoms with Crippen LogP contribution in [0.1, 0.15) is 50.7 Å². The van der Waals surface area contributed by atoms with Gasteiger partial charge in [-0.15, -0.1) is 0 Å². The maximum atomic E-state index is 2.44. The van der Waals surface area contributed by atoms with E-state index >= 15 is 0 Å². The molecule has 0 aromatic heterocycles. The SMILES string of the molecule is CC(C)c1ccc(N(c2cccc(C(C)C)c2)c2ccc3cc4c(cc3c2)-c2c-4c(-c3ccccc3)c3ccccc3c2-c2ccccc2)cc1. The summed E-state index contributed by atoms with van der Waals surface area (Å²) in [7, 11) is 0. The van der Waals surface area contributed by atoms with Gasteiger partial charge in [0.25, 0.3) is 0 Å². The van der Waals surface area contributed by atoms with Crippen molar-refractivity contribution < 1.29 is 0 Å². The predicted molar refractivity (Wildman–Crippen MR) is 220 cm³/mol. The van der Waals surface area contributed by atoms with E-state index in [1.54, 1.807) is 0 Å².